The van der Waals surface area contributed by atoms with Gasteiger partial charge in [0.15, 0.2) is 5.03 Å². The van der Waals surface area contributed by atoms with Gasteiger partial charge in [0.25, 0.3) is 10.0 Å². The monoisotopic (exact) mass is 307 g/mol. The van der Waals surface area contributed by atoms with Crippen molar-refractivity contribution in [2.45, 2.75) is 17.0 Å². The van der Waals surface area contributed by atoms with Crippen molar-refractivity contribution < 1.29 is 8.42 Å². The zero-order valence-electron chi connectivity index (χ0n) is 11.6. The fourth-order valence-electron chi connectivity index (χ4n) is 2.59. The van der Waals surface area contributed by atoms with Gasteiger partial charge in [-0.25, -0.2) is 13.4 Å². The Morgan fingerprint density at radius 3 is 2.81 bits per heavy atom. The predicted molar refractivity (Wildman–Crippen MR) is 76.9 cm³/mol. The molecule has 0 radical (unpaired) electrons. The number of hydrogen-bond acceptors (Lipinski definition) is 5. The van der Waals surface area contributed by atoms with Crippen LogP contribution in [0, 0.1) is 0 Å². The van der Waals surface area contributed by atoms with Crippen LogP contribution in [0.5, 0.6) is 0 Å². The maximum atomic E-state index is 12.5. The lowest BCUT2D eigenvalue weighted by Crippen LogP contribution is -2.32. The molecule has 2 aromatic heterocycles. The van der Waals surface area contributed by atoms with Gasteiger partial charge in [0.05, 0.1) is 6.33 Å². The zero-order valence-corrected chi connectivity index (χ0v) is 12.4. The molecule has 8 heteroatoms. The third kappa shape index (κ3) is 2.57. The average molecular weight is 307 g/mol. The predicted octanol–water partition coefficient (Wildman–Crippen LogP) is -0.0695. The van der Waals surface area contributed by atoms with Gasteiger partial charge in [0, 0.05) is 50.7 Å². The largest absolute Gasteiger partial charge is 0.339 e. The molecule has 0 bridgehead atoms. The van der Waals surface area contributed by atoms with E-state index in [0.717, 1.165) is 5.56 Å². The lowest BCUT2D eigenvalue weighted by Gasteiger charge is -2.14. The van der Waals surface area contributed by atoms with Gasteiger partial charge >= 0.3 is 0 Å². The van der Waals surface area contributed by atoms with E-state index in [1.807, 2.05) is 12.1 Å². The minimum Gasteiger partial charge on any atom is -0.339 e. The Morgan fingerprint density at radius 2 is 2.19 bits per heavy atom. The van der Waals surface area contributed by atoms with Gasteiger partial charge in [-0.1, -0.05) is 6.07 Å². The van der Waals surface area contributed by atoms with Crippen LogP contribution in [-0.4, -0.2) is 46.4 Å². The van der Waals surface area contributed by atoms with Crippen LogP contribution in [0.3, 0.4) is 0 Å². The standard InChI is InChI=1S/C13H17N5O2S/c1-17-8-13(16-9-17)21(19,20)18-6-11(12(14)7-18)10-3-2-4-15-5-10/h2-5,8-9,11-12H,6-7,14H2,1H3. The van der Waals surface area contributed by atoms with Crippen molar-refractivity contribution in [1.29, 1.82) is 0 Å². The Balaban J connectivity index is 1.86. The molecule has 21 heavy (non-hydrogen) atoms. The minimum atomic E-state index is -3.59. The van der Waals surface area contributed by atoms with Crippen LogP contribution in [0.15, 0.2) is 42.1 Å². The molecule has 0 aromatic carbocycles. The molecule has 0 saturated carbocycles. The quantitative estimate of drug-likeness (QED) is 0.856. The topological polar surface area (TPSA) is 94.1 Å². The summed E-state index contributed by atoms with van der Waals surface area (Å²) in [5.41, 5.74) is 7.08. The van der Waals surface area contributed by atoms with E-state index in [9.17, 15) is 8.42 Å². The van der Waals surface area contributed by atoms with Gasteiger partial charge in [0.2, 0.25) is 0 Å². The lowest BCUT2D eigenvalue weighted by molar-refractivity contribution is 0.467. The molecule has 2 N–H and O–H groups in total. The second-order valence-electron chi connectivity index (χ2n) is 5.26. The highest BCUT2D eigenvalue weighted by molar-refractivity contribution is 7.89. The van der Waals surface area contributed by atoms with Crippen LogP contribution in [0.25, 0.3) is 0 Å². The lowest BCUT2D eigenvalue weighted by atomic mass is 9.97. The molecule has 1 aliphatic heterocycles. The molecule has 0 amide bonds. The van der Waals surface area contributed by atoms with E-state index >= 15 is 0 Å². The molecular weight excluding hydrogens is 290 g/mol. The molecular formula is C13H17N5O2S. The summed E-state index contributed by atoms with van der Waals surface area (Å²) >= 11 is 0. The van der Waals surface area contributed by atoms with Crippen LogP contribution in [-0.2, 0) is 17.1 Å². The molecule has 2 atom stereocenters. The van der Waals surface area contributed by atoms with Crippen molar-refractivity contribution in [3.8, 4) is 0 Å². The number of nitrogens with two attached hydrogens (primary N) is 1. The Labute approximate surface area is 123 Å². The first-order valence-corrected chi connectivity index (χ1v) is 8.06. The fraction of sp³-hybridized carbons (Fsp3) is 0.385. The molecule has 2 unspecified atom stereocenters. The number of nitrogens with zero attached hydrogens (tertiary/aromatic N) is 4. The highest BCUT2D eigenvalue weighted by Crippen LogP contribution is 2.29. The molecule has 3 heterocycles. The normalized spacial score (nSPS) is 23.5. The summed E-state index contributed by atoms with van der Waals surface area (Å²) in [7, 11) is -1.85. The molecule has 2 aromatic rings. The first kappa shape index (κ1) is 14.2. The third-order valence-corrected chi connectivity index (χ3v) is 5.45. The second kappa shape index (κ2) is 5.21. The summed E-state index contributed by atoms with van der Waals surface area (Å²) < 4.78 is 28.1. The third-order valence-electron chi connectivity index (χ3n) is 3.73. The van der Waals surface area contributed by atoms with Gasteiger partial charge in [-0.3, -0.25) is 4.98 Å². The van der Waals surface area contributed by atoms with E-state index in [1.165, 1.54) is 16.8 Å². The van der Waals surface area contributed by atoms with E-state index in [2.05, 4.69) is 9.97 Å². The van der Waals surface area contributed by atoms with Crippen molar-refractivity contribution in [3.05, 3.63) is 42.6 Å². The Kier molecular flexibility index (Phi) is 3.52. The van der Waals surface area contributed by atoms with Crippen molar-refractivity contribution in [2.75, 3.05) is 13.1 Å². The van der Waals surface area contributed by atoms with Crippen LogP contribution in [0.2, 0.25) is 0 Å². The van der Waals surface area contributed by atoms with E-state index < -0.39 is 10.0 Å². The zero-order chi connectivity index (χ0) is 15.0. The van der Waals surface area contributed by atoms with Crippen LogP contribution in [0.1, 0.15) is 11.5 Å². The van der Waals surface area contributed by atoms with Gasteiger partial charge in [-0.15, -0.1) is 0 Å². The summed E-state index contributed by atoms with van der Waals surface area (Å²) in [5.74, 6) is -0.0443. The smallest absolute Gasteiger partial charge is 0.262 e. The summed E-state index contributed by atoms with van der Waals surface area (Å²) in [6, 6.07) is 3.51. The Bertz CT molecular complexity index is 728. The summed E-state index contributed by atoms with van der Waals surface area (Å²) in [4.78, 5) is 8.01. The number of aryl methyl sites for hydroxylation is 1. The molecule has 0 spiro atoms. The SMILES string of the molecule is Cn1cnc(S(=O)(=O)N2CC(N)C(c3cccnc3)C2)c1. The van der Waals surface area contributed by atoms with Gasteiger partial charge in [-0.05, 0) is 11.6 Å². The Hall–Kier alpha value is -1.77. The van der Waals surface area contributed by atoms with Crippen molar-refractivity contribution >= 4 is 10.0 Å². The van der Waals surface area contributed by atoms with Crippen molar-refractivity contribution in [1.82, 2.24) is 18.8 Å². The number of rotatable bonds is 3. The molecule has 3 rings (SSSR count). The second-order valence-corrected chi connectivity index (χ2v) is 7.14. The molecule has 7 nitrogen and oxygen atoms in total. The van der Waals surface area contributed by atoms with E-state index in [-0.39, 0.29) is 17.0 Å². The Morgan fingerprint density at radius 1 is 1.38 bits per heavy atom. The van der Waals surface area contributed by atoms with Crippen LogP contribution >= 0.6 is 0 Å². The van der Waals surface area contributed by atoms with E-state index in [0.29, 0.717) is 13.1 Å². The molecule has 1 fully saturated rings. The number of imidazole rings is 1. The highest BCUT2D eigenvalue weighted by atomic mass is 32.2. The number of sulfonamides is 1. The maximum Gasteiger partial charge on any atom is 0.262 e. The number of hydrogen-bond donors (Lipinski definition) is 1. The first-order valence-electron chi connectivity index (χ1n) is 6.62. The molecule has 1 aliphatic rings. The summed E-state index contributed by atoms with van der Waals surface area (Å²) in [6.45, 7) is 0.643. The van der Waals surface area contributed by atoms with Gasteiger partial charge in [-0.2, -0.15) is 4.31 Å². The van der Waals surface area contributed by atoms with Crippen LogP contribution < -0.4 is 5.73 Å². The first-order chi connectivity index (χ1) is 9.98. The van der Waals surface area contributed by atoms with E-state index in [4.69, 9.17) is 5.73 Å². The summed E-state index contributed by atoms with van der Waals surface area (Å²) in [6.07, 6.45) is 6.40. The van der Waals surface area contributed by atoms with Crippen LogP contribution in [0.4, 0.5) is 0 Å². The maximum absolute atomic E-state index is 12.5. The van der Waals surface area contributed by atoms with Gasteiger partial charge < -0.3 is 10.3 Å². The number of aromatic nitrogens is 3. The number of pyridine rings is 1. The van der Waals surface area contributed by atoms with Crippen molar-refractivity contribution in [3.63, 3.8) is 0 Å². The minimum absolute atomic E-state index is 0.0443. The molecule has 112 valence electrons. The van der Waals surface area contributed by atoms with Crippen molar-refractivity contribution in [2.24, 2.45) is 12.8 Å². The molecule has 0 aliphatic carbocycles. The van der Waals surface area contributed by atoms with E-state index in [1.54, 1.807) is 24.0 Å². The fourth-order valence-corrected chi connectivity index (χ4v) is 4.06. The average Bonchev–Trinajstić information content (AvgIpc) is 3.07. The highest BCUT2D eigenvalue weighted by Gasteiger charge is 2.39. The molecule has 1 saturated heterocycles. The summed E-state index contributed by atoms with van der Waals surface area (Å²) in [5, 5.41) is 0.0593. The van der Waals surface area contributed by atoms with Gasteiger partial charge in [0.1, 0.15) is 0 Å².